The van der Waals surface area contributed by atoms with Crippen molar-refractivity contribution in [2.75, 3.05) is 24.7 Å². The summed E-state index contributed by atoms with van der Waals surface area (Å²) < 4.78 is 2.48. The van der Waals surface area contributed by atoms with Crippen molar-refractivity contribution in [3.05, 3.63) is 17.7 Å². The van der Waals surface area contributed by atoms with Crippen LogP contribution in [0, 0.1) is 0 Å². The number of hydrogen-bond donors (Lipinski definition) is 0. The first-order valence-corrected chi connectivity index (χ1v) is 6.85. The van der Waals surface area contributed by atoms with Gasteiger partial charge in [-0.1, -0.05) is 19.1 Å². The summed E-state index contributed by atoms with van der Waals surface area (Å²) in [5, 5.41) is 1.43. The maximum absolute atomic E-state index is 2.48. The van der Waals surface area contributed by atoms with Crippen LogP contribution in [-0.2, 0) is 0 Å². The Bertz CT molecular complexity index is 404. The molecule has 1 unspecified atom stereocenters. The molecular formula is C13H20N2S. The van der Waals surface area contributed by atoms with Crippen molar-refractivity contribution in [3.63, 3.8) is 0 Å². The van der Waals surface area contributed by atoms with Crippen molar-refractivity contribution >= 4 is 23.7 Å². The Kier molecular flexibility index (Phi) is 3.33. The molecule has 0 radical (unpaired) electrons. The van der Waals surface area contributed by atoms with Gasteiger partial charge in [0.1, 0.15) is 5.82 Å². The van der Waals surface area contributed by atoms with Crippen LogP contribution in [0.25, 0.3) is 6.08 Å². The highest BCUT2D eigenvalue weighted by Gasteiger charge is 2.19. The lowest BCUT2D eigenvalue weighted by Gasteiger charge is -2.23. The van der Waals surface area contributed by atoms with Gasteiger partial charge in [-0.25, -0.2) is 0 Å². The first kappa shape index (κ1) is 11.6. The summed E-state index contributed by atoms with van der Waals surface area (Å²) in [5.41, 5.74) is 1.38. The van der Waals surface area contributed by atoms with Crippen molar-refractivity contribution in [1.29, 1.82) is 0 Å². The van der Waals surface area contributed by atoms with Gasteiger partial charge in [0.2, 0.25) is 0 Å². The molecule has 88 valence electrons. The van der Waals surface area contributed by atoms with Crippen LogP contribution in [-0.4, -0.2) is 24.4 Å². The van der Waals surface area contributed by atoms with E-state index >= 15 is 0 Å². The lowest BCUT2D eigenvalue weighted by atomic mass is 10.2. The number of hydrogen-bond acceptors (Lipinski definition) is 2. The SMILES string of the molecule is CCC(C)n1c(N(C)C)cc2c1SCC=C2. The average molecular weight is 236 g/mol. The van der Waals surface area contributed by atoms with E-state index in [2.05, 4.69) is 55.6 Å². The number of anilines is 1. The van der Waals surface area contributed by atoms with Gasteiger partial charge in [0.15, 0.2) is 0 Å². The highest BCUT2D eigenvalue weighted by molar-refractivity contribution is 7.99. The van der Waals surface area contributed by atoms with Gasteiger partial charge >= 0.3 is 0 Å². The zero-order valence-electron chi connectivity index (χ0n) is 10.5. The molecule has 16 heavy (non-hydrogen) atoms. The zero-order valence-corrected chi connectivity index (χ0v) is 11.3. The second-order valence-corrected chi connectivity index (χ2v) is 5.51. The van der Waals surface area contributed by atoms with Crippen LogP contribution in [0.4, 0.5) is 5.82 Å². The summed E-state index contributed by atoms with van der Waals surface area (Å²) in [4.78, 5) is 2.21. The fourth-order valence-corrected chi connectivity index (χ4v) is 3.10. The molecule has 0 amide bonds. The van der Waals surface area contributed by atoms with Crippen LogP contribution in [0.2, 0.25) is 0 Å². The van der Waals surface area contributed by atoms with Gasteiger partial charge in [0.05, 0.1) is 5.03 Å². The van der Waals surface area contributed by atoms with Crippen LogP contribution >= 0.6 is 11.8 Å². The molecule has 1 atom stereocenters. The number of rotatable bonds is 3. The van der Waals surface area contributed by atoms with Crippen molar-refractivity contribution in [3.8, 4) is 0 Å². The second kappa shape index (κ2) is 4.58. The Morgan fingerprint density at radius 2 is 2.25 bits per heavy atom. The van der Waals surface area contributed by atoms with Crippen molar-refractivity contribution in [2.24, 2.45) is 0 Å². The predicted octanol–water partition coefficient (Wildman–Crippen LogP) is 3.64. The molecule has 2 heterocycles. The Hall–Kier alpha value is -0.830. The third-order valence-electron chi connectivity index (χ3n) is 3.10. The van der Waals surface area contributed by atoms with Crippen LogP contribution < -0.4 is 4.90 Å². The number of thioether (sulfide) groups is 1. The highest BCUT2D eigenvalue weighted by Crippen LogP contribution is 2.37. The number of fused-ring (bicyclic) bond motifs is 1. The topological polar surface area (TPSA) is 8.17 Å². The minimum Gasteiger partial charge on any atom is -0.364 e. The fraction of sp³-hybridized carbons (Fsp3) is 0.538. The molecule has 2 nitrogen and oxygen atoms in total. The summed E-state index contributed by atoms with van der Waals surface area (Å²) in [7, 11) is 4.24. The molecular weight excluding hydrogens is 216 g/mol. The molecule has 1 aromatic heterocycles. The normalized spacial score (nSPS) is 16.0. The summed E-state index contributed by atoms with van der Waals surface area (Å²) in [6.07, 6.45) is 5.66. The van der Waals surface area contributed by atoms with Gasteiger partial charge in [-0.05, 0) is 19.4 Å². The van der Waals surface area contributed by atoms with E-state index in [0.29, 0.717) is 6.04 Å². The number of aromatic nitrogens is 1. The standard InChI is InChI=1S/C13H20N2S/c1-5-10(2)15-12(14(3)4)9-11-7-6-8-16-13(11)15/h6-7,9-10H,5,8H2,1-4H3. The molecule has 0 saturated carbocycles. The van der Waals surface area contributed by atoms with E-state index < -0.39 is 0 Å². The Balaban J connectivity index is 2.53. The van der Waals surface area contributed by atoms with Crippen molar-refractivity contribution < 1.29 is 0 Å². The van der Waals surface area contributed by atoms with E-state index in [1.807, 2.05) is 11.8 Å². The smallest absolute Gasteiger partial charge is 0.109 e. The first-order chi connectivity index (χ1) is 7.65. The molecule has 1 aliphatic heterocycles. The summed E-state index contributed by atoms with van der Waals surface area (Å²) >= 11 is 1.95. The van der Waals surface area contributed by atoms with E-state index in [4.69, 9.17) is 0 Å². The van der Waals surface area contributed by atoms with Gasteiger partial charge in [-0.15, -0.1) is 11.8 Å². The van der Waals surface area contributed by atoms with Gasteiger partial charge in [0.25, 0.3) is 0 Å². The van der Waals surface area contributed by atoms with E-state index in [0.717, 1.165) is 5.75 Å². The third kappa shape index (κ3) is 1.88. The average Bonchev–Trinajstić information content (AvgIpc) is 2.67. The molecule has 1 aromatic rings. The second-order valence-electron chi connectivity index (χ2n) is 4.50. The molecule has 0 spiro atoms. The lowest BCUT2D eigenvalue weighted by molar-refractivity contribution is 0.501. The Morgan fingerprint density at radius 1 is 1.50 bits per heavy atom. The minimum atomic E-state index is 0.570. The van der Waals surface area contributed by atoms with E-state index in [9.17, 15) is 0 Å². The van der Waals surface area contributed by atoms with E-state index in [1.54, 1.807) is 0 Å². The quantitative estimate of drug-likeness (QED) is 0.791. The van der Waals surface area contributed by atoms with E-state index in [-0.39, 0.29) is 0 Å². The highest BCUT2D eigenvalue weighted by atomic mass is 32.2. The first-order valence-electron chi connectivity index (χ1n) is 5.87. The summed E-state index contributed by atoms with van der Waals surface area (Å²) in [6.45, 7) is 4.55. The molecule has 1 aliphatic rings. The van der Waals surface area contributed by atoms with Gasteiger partial charge < -0.3 is 9.47 Å². The zero-order chi connectivity index (χ0) is 11.7. The monoisotopic (exact) mass is 236 g/mol. The Morgan fingerprint density at radius 3 is 2.88 bits per heavy atom. The van der Waals surface area contributed by atoms with Gasteiger partial charge in [-0.3, -0.25) is 0 Å². The Labute approximate surface area is 102 Å². The van der Waals surface area contributed by atoms with E-state index in [1.165, 1.54) is 22.8 Å². The predicted molar refractivity (Wildman–Crippen MR) is 73.5 cm³/mol. The summed E-state index contributed by atoms with van der Waals surface area (Å²) in [5.74, 6) is 2.42. The molecule has 0 N–H and O–H groups in total. The van der Waals surface area contributed by atoms with Crippen molar-refractivity contribution in [2.45, 2.75) is 31.3 Å². The molecule has 3 heteroatoms. The van der Waals surface area contributed by atoms with Crippen LogP contribution in [0.15, 0.2) is 17.2 Å². The van der Waals surface area contributed by atoms with Crippen LogP contribution in [0.5, 0.6) is 0 Å². The van der Waals surface area contributed by atoms with Gasteiger partial charge in [-0.2, -0.15) is 0 Å². The third-order valence-corrected chi connectivity index (χ3v) is 4.17. The fourth-order valence-electron chi connectivity index (χ4n) is 2.04. The molecule has 0 saturated heterocycles. The van der Waals surface area contributed by atoms with Gasteiger partial charge in [0, 0.05) is 31.5 Å². The summed E-state index contributed by atoms with van der Waals surface area (Å²) in [6, 6.07) is 2.87. The number of nitrogens with zero attached hydrogens (tertiary/aromatic N) is 2. The lowest BCUT2D eigenvalue weighted by Crippen LogP contribution is -2.17. The van der Waals surface area contributed by atoms with Crippen LogP contribution in [0.1, 0.15) is 31.9 Å². The van der Waals surface area contributed by atoms with Crippen LogP contribution in [0.3, 0.4) is 0 Å². The maximum Gasteiger partial charge on any atom is 0.109 e. The molecule has 0 aromatic carbocycles. The molecule has 0 fully saturated rings. The minimum absolute atomic E-state index is 0.570. The van der Waals surface area contributed by atoms with Crippen molar-refractivity contribution in [1.82, 2.24) is 4.57 Å². The maximum atomic E-state index is 2.48. The largest absolute Gasteiger partial charge is 0.364 e. The molecule has 2 rings (SSSR count). The molecule has 0 aliphatic carbocycles. The molecule has 0 bridgehead atoms.